The summed E-state index contributed by atoms with van der Waals surface area (Å²) in [5.74, 6) is -0.555. The van der Waals surface area contributed by atoms with Gasteiger partial charge in [0.1, 0.15) is 10.6 Å². The maximum atomic E-state index is 11.8. The monoisotopic (exact) mass is 478 g/mol. The predicted molar refractivity (Wildman–Crippen MR) is 125 cm³/mol. The van der Waals surface area contributed by atoms with Crippen LogP contribution in [0.1, 0.15) is 25.3 Å². The number of hydrogen-bond donors (Lipinski definition) is 3. The lowest BCUT2D eigenvalue weighted by Crippen LogP contribution is -2.11. The second kappa shape index (κ2) is 10.4. The Labute approximate surface area is 191 Å². The molecule has 1 amide bonds. The fourth-order valence-corrected chi connectivity index (χ4v) is 4.17. The molecule has 1 unspecified atom stereocenters. The minimum absolute atomic E-state index is 0.0359. The Morgan fingerprint density at radius 1 is 1.06 bits per heavy atom. The van der Waals surface area contributed by atoms with Gasteiger partial charge in [0.05, 0.1) is 18.7 Å². The summed E-state index contributed by atoms with van der Waals surface area (Å²) in [6.07, 6.45) is 0. The molecule has 0 fully saturated rings. The zero-order valence-corrected chi connectivity index (χ0v) is 19.2. The van der Waals surface area contributed by atoms with E-state index in [1.807, 2.05) is 30.3 Å². The van der Waals surface area contributed by atoms with E-state index in [0.717, 1.165) is 5.69 Å². The largest absolute Gasteiger partial charge is 0.495 e. The molecule has 32 heavy (non-hydrogen) atoms. The Balaban J connectivity index is 0.000000303. The van der Waals surface area contributed by atoms with Crippen LogP contribution in [0.2, 0.25) is 0 Å². The Kier molecular flexibility index (Phi) is 8.20. The Morgan fingerprint density at radius 2 is 1.66 bits per heavy atom. The first-order valence-corrected chi connectivity index (χ1v) is 11.2. The molecule has 0 heterocycles. The number of carbonyl (C=O) groups is 2. The van der Waals surface area contributed by atoms with E-state index in [0.29, 0.717) is 11.1 Å². The highest BCUT2D eigenvalue weighted by Gasteiger charge is 2.26. The second-order valence-corrected chi connectivity index (χ2v) is 8.54. The number of benzene rings is 3. The molecule has 170 valence electrons. The number of methoxy groups -OCH3 is 1. The maximum Gasteiger partial charge on any atom is 0.295 e. The highest BCUT2D eigenvalue weighted by molar-refractivity contribution is 7.86. The summed E-state index contributed by atoms with van der Waals surface area (Å²) < 4.78 is 38.2. The van der Waals surface area contributed by atoms with Gasteiger partial charge in [-0.3, -0.25) is 14.1 Å². The summed E-state index contributed by atoms with van der Waals surface area (Å²) in [6, 6.07) is 15.3. The number of fused-ring (bicyclic) bond motifs is 1. The molecule has 0 aliphatic heterocycles. The Bertz CT molecular complexity index is 1250. The lowest BCUT2D eigenvalue weighted by molar-refractivity contribution is -0.114. The van der Waals surface area contributed by atoms with E-state index in [1.54, 1.807) is 6.07 Å². The first-order chi connectivity index (χ1) is 15.0. The van der Waals surface area contributed by atoms with Crippen molar-refractivity contribution in [2.24, 2.45) is 0 Å². The third-order valence-corrected chi connectivity index (χ3v) is 5.86. The van der Waals surface area contributed by atoms with Crippen molar-refractivity contribution in [3.8, 4) is 5.75 Å². The van der Waals surface area contributed by atoms with Crippen LogP contribution in [-0.4, -0.2) is 31.2 Å². The number of hydrogen-bond acceptors (Lipinski definition) is 6. The molecule has 3 aromatic rings. The van der Waals surface area contributed by atoms with E-state index < -0.39 is 21.3 Å². The molecule has 0 saturated heterocycles. The molecule has 1 atom stereocenters. The van der Waals surface area contributed by atoms with Gasteiger partial charge in [0.15, 0.2) is 0 Å². The maximum absolute atomic E-state index is 11.8. The minimum atomic E-state index is -4.58. The lowest BCUT2D eigenvalue weighted by Gasteiger charge is -2.16. The number of anilines is 2. The number of carbonyl (C=O) groups excluding carboxylic acids is 2. The van der Waals surface area contributed by atoms with E-state index in [1.165, 1.54) is 39.2 Å². The van der Waals surface area contributed by atoms with Crippen molar-refractivity contribution in [3.63, 3.8) is 0 Å². The van der Waals surface area contributed by atoms with Gasteiger partial charge in [0.25, 0.3) is 10.1 Å². The van der Waals surface area contributed by atoms with E-state index in [9.17, 15) is 22.6 Å². The van der Waals surface area contributed by atoms with Gasteiger partial charge in [-0.1, -0.05) is 37.3 Å². The molecule has 10 heteroatoms. The molecule has 4 N–H and O–H groups in total. The molecular weight excluding hydrogens is 456 g/mol. The zero-order valence-electron chi connectivity index (χ0n) is 17.6. The van der Waals surface area contributed by atoms with Gasteiger partial charge >= 0.3 is 0 Å². The van der Waals surface area contributed by atoms with Crippen LogP contribution in [0.3, 0.4) is 0 Å². The van der Waals surface area contributed by atoms with E-state index in [2.05, 4.69) is 5.32 Å². The van der Waals surface area contributed by atoms with Crippen LogP contribution in [-0.2, 0) is 19.7 Å². The standard InChI is InChI=1S/C14H14ClNO5S.C8H9NO/c1-7(14(15)17)8-3-4-9-10(13(8)22(18,19)20)5-6-11(21-2)12(9)16;1-7(10)9-8-5-3-2-4-6-8/h3-7H,16H2,1-2H3,(H,18,19,20);2-6H,1H3,(H,9,10). The third-order valence-electron chi connectivity index (χ3n) is 4.56. The molecule has 0 radical (unpaired) electrons. The van der Waals surface area contributed by atoms with Gasteiger partial charge in [-0.05, 0) is 41.4 Å². The van der Waals surface area contributed by atoms with Crippen molar-refractivity contribution >= 4 is 55.0 Å². The van der Waals surface area contributed by atoms with Gasteiger partial charge in [-0.2, -0.15) is 8.42 Å². The smallest absolute Gasteiger partial charge is 0.295 e. The van der Waals surface area contributed by atoms with Crippen LogP contribution >= 0.6 is 11.6 Å². The molecule has 3 rings (SSSR count). The van der Waals surface area contributed by atoms with Crippen molar-refractivity contribution in [1.29, 1.82) is 0 Å². The number of ether oxygens (including phenoxy) is 1. The van der Waals surface area contributed by atoms with Gasteiger partial charge in [0.2, 0.25) is 11.1 Å². The number of nitrogens with one attached hydrogen (secondary N) is 1. The average Bonchev–Trinajstić information content (AvgIpc) is 2.72. The fraction of sp³-hybridized carbons (Fsp3) is 0.182. The summed E-state index contributed by atoms with van der Waals surface area (Å²) >= 11 is 5.45. The molecule has 0 aromatic heterocycles. The van der Waals surface area contributed by atoms with Crippen molar-refractivity contribution in [2.45, 2.75) is 24.7 Å². The van der Waals surface area contributed by atoms with Crippen LogP contribution in [0, 0.1) is 0 Å². The summed E-state index contributed by atoms with van der Waals surface area (Å²) in [4.78, 5) is 21.5. The highest BCUT2D eigenvalue weighted by Crippen LogP contribution is 2.38. The van der Waals surface area contributed by atoms with Gasteiger partial charge in [-0.15, -0.1) is 0 Å². The summed E-state index contributed by atoms with van der Waals surface area (Å²) in [6.45, 7) is 2.95. The van der Waals surface area contributed by atoms with Crippen molar-refractivity contribution < 1.29 is 27.3 Å². The molecule has 0 aliphatic carbocycles. The molecule has 8 nitrogen and oxygen atoms in total. The molecule has 0 saturated carbocycles. The van der Waals surface area contributed by atoms with Crippen LogP contribution < -0.4 is 15.8 Å². The highest BCUT2D eigenvalue weighted by atomic mass is 35.5. The first kappa shape index (κ1) is 25.1. The average molecular weight is 479 g/mol. The van der Waals surface area contributed by atoms with Crippen LogP contribution in [0.25, 0.3) is 10.8 Å². The van der Waals surface area contributed by atoms with Crippen LogP contribution in [0.15, 0.2) is 59.5 Å². The molecule has 0 bridgehead atoms. The van der Waals surface area contributed by atoms with Crippen LogP contribution in [0.5, 0.6) is 5.75 Å². The minimum Gasteiger partial charge on any atom is -0.495 e. The first-order valence-electron chi connectivity index (χ1n) is 9.36. The topological polar surface area (TPSA) is 136 Å². The molecule has 0 spiro atoms. The third kappa shape index (κ3) is 5.97. The predicted octanol–water partition coefficient (Wildman–Crippen LogP) is 4.19. The second-order valence-electron chi connectivity index (χ2n) is 6.81. The van der Waals surface area contributed by atoms with Crippen molar-refractivity contribution in [1.82, 2.24) is 0 Å². The van der Waals surface area contributed by atoms with Gasteiger partial charge in [-0.25, -0.2) is 0 Å². The number of halogens is 1. The molecular formula is C22H23ClN2O6S. The van der Waals surface area contributed by atoms with Gasteiger partial charge in [0, 0.05) is 23.4 Å². The molecule has 0 aliphatic rings. The number of para-hydroxylation sites is 1. The Hall–Kier alpha value is -3.14. The number of nitrogens with two attached hydrogens (primary N) is 1. The molecule has 3 aromatic carbocycles. The normalized spacial score (nSPS) is 11.8. The van der Waals surface area contributed by atoms with E-state index in [-0.39, 0.29) is 27.4 Å². The van der Waals surface area contributed by atoms with Gasteiger partial charge < -0.3 is 15.8 Å². The summed E-state index contributed by atoms with van der Waals surface area (Å²) in [7, 11) is -3.15. The van der Waals surface area contributed by atoms with Crippen molar-refractivity contribution in [3.05, 3.63) is 60.2 Å². The number of nitrogen functional groups attached to an aromatic ring is 1. The van der Waals surface area contributed by atoms with Crippen molar-refractivity contribution in [2.75, 3.05) is 18.2 Å². The van der Waals surface area contributed by atoms with E-state index >= 15 is 0 Å². The number of rotatable bonds is 5. The SMILES string of the molecule is CC(=O)Nc1ccccc1.COc1ccc2c(S(=O)(=O)O)c(C(C)C(=O)Cl)ccc2c1N. The number of amides is 1. The van der Waals surface area contributed by atoms with E-state index in [4.69, 9.17) is 22.1 Å². The zero-order chi connectivity index (χ0) is 24.1. The summed E-state index contributed by atoms with van der Waals surface area (Å²) in [5, 5.41) is 2.53. The fourth-order valence-electron chi connectivity index (χ4n) is 3.05. The quantitative estimate of drug-likeness (QED) is 0.284. The lowest BCUT2D eigenvalue weighted by atomic mass is 9.97. The van der Waals surface area contributed by atoms with Crippen LogP contribution in [0.4, 0.5) is 11.4 Å². The summed E-state index contributed by atoms with van der Waals surface area (Å²) in [5.41, 5.74) is 7.12. The Morgan fingerprint density at radius 3 is 2.16 bits per heavy atom.